The van der Waals surface area contributed by atoms with Crippen molar-refractivity contribution in [3.8, 4) is 0 Å². The summed E-state index contributed by atoms with van der Waals surface area (Å²) < 4.78 is 2.08. The summed E-state index contributed by atoms with van der Waals surface area (Å²) in [6, 6.07) is 17.8. The SMILES string of the molecule is Cn1cc(/C=N/Nc2ncnc3sc(Cc4cccc(C(=O)NCCO)c4)cc23)c2ccccc21. The fraction of sp³-hybridized carbons (Fsp3) is 0.154. The van der Waals surface area contributed by atoms with Crippen LogP contribution in [-0.2, 0) is 13.5 Å². The molecule has 0 saturated carbocycles. The average Bonchev–Trinajstić information content (AvgIpc) is 3.43. The van der Waals surface area contributed by atoms with Crippen LogP contribution in [0.15, 0.2) is 72.2 Å². The lowest BCUT2D eigenvalue weighted by Gasteiger charge is -2.05. The number of amides is 1. The number of fused-ring (bicyclic) bond motifs is 2. The summed E-state index contributed by atoms with van der Waals surface area (Å²) >= 11 is 1.59. The fourth-order valence-electron chi connectivity index (χ4n) is 4.02. The number of hydrogen-bond donors (Lipinski definition) is 3. The number of aliphatic hydroxyl groups is 1. The highest BCUT2D eigenvalue weighted by Gasteiger charge is 2.11. The Kier molecular flexibility index (Phi) is 6.51. The molecule has 0 atom stereocenters. The quantitative estimate of drug-likeness (QED) is 0.229. The number of rotatable bonds is 8. The molecule has 3 aromatic heterocycles. The van der Waals surface area contributed by atoms with Crippen molar-refractivity contribution in [1.82, 2.24) is 19.9 Å². The van der Waals surface area contributed by atoms with Crippen molar-refractivity contribution in [2.45, 2.75) is 6.42 Å². The molecule has 9 heteroatoms. The number of carbonyl (C=O) groups is 1. The van der Waals surface area contributed by atoms with E-state index >= 15 is 0 Å². The number of hydrazone groups is 1. The van der Waals surface area contributed by atoms with Crippen LogP contribution in [0.3, 0.4) is 0 Å². The first-order valence-corrected chi connectivity index (χ1v) is 12.0. The summed E-state index contributed by atoms with van der Waals surface area (Å²) in [5.41, 5.74) is 6.83. The third-order valence-electron chi connectivity index (χ3n) is 5.65. The van der Waals surface area contributed by atoms with E-state index in [9.17, 15) is 4.79 Å². The lowest BCUT2D eigenvalue weighted by atomic mass is 10.1. The van der Waals surface area contributed by atoms with E-state index in [1.807, 2.05) is 43.6 Å². The zero-order chi connectivity index (χ0) is 24.2. The van der Waals surface area contributed by atoms with Crippen LogP contribution in [0.4, 0.5) is 5.82 Å². The molecule has 0 saturated heterocycles. The van der Waals surface area contributed by atoms with Gasteiger partial charge in [-0.3, -0.25) is 10.2 Å². The van der Waals surface area contributed by atoms with Gasteiger partial charge in [0, 0.05) is 53.1 Å². The minimum absolute atomic E-state index is 0.0867. The van der Waals surface area contributed by atoms with Crippen LogP contribution in [0.1, 0.15) is 26.4 Å². The third-order valence-corrected chi connectivity index (χ3v) is 6.69. The second kappa shape index (κ2) is 10.0. The number of benzene rings is 2. The van der Waals surface area contributed by atoms with Crippen molar-refractivity contribution in [3.63, 3.8) is 0 Å². The van der Waals surface area contributed by atoms with Crippen molar-refractivity contribution in [2.75, 3.05) is 18.6 Å². The molecule has 3 N–H and O–H groups in total. The molecule has 3 heterocycles. The smallest absolute Gasteiger partial charge is 0.251 e. The minimum Gasteiger partial charge on any atom is -0.395 e. The lowest BCUT2D eigenvalue weighted by Crippen LogP contribution is -2.26. The van der Waals surface area contributed by atoms with Gasteiger partial charge in [-0.2, -0.15) is 5.10 Å². The summed E-state index contributed by atoms with van der Waals surface area (Å²) in [5, 5.41) is 18.1. The molecule has 5 rings (SSSR count). The number of nitrogens with zero attached hydrogens (tertiary/aromatic N) is 4. The highest BCUT2D eigenvalue weighted by molar-refractivity contribution is 7.18. The number of aliphatic hydroxyl groups excluding tert-OH is 1. The Bertz CT molecular complexity index is 1540. The molecule has 0 aliphatic heterocycles. The van der Waals surface area contributed by atoms with Crippen molar-refractivity contribution in [2.24, 2.45) is 12.1 Å². The van der Waals surface area contributed by atoms with Gasteiger partial charge in [-0.25, -0.2) is 9.97 Å². The zero-order valence-electron chi connectivity index (χ0n) is 19.1. The van der Waals surface area contributed by atoms with E-state index in [1.54, 1.807) is 23.6 Å². The number of anilines is 1. The number of thiophene rings is 1. The van der Waals surface area contributed by atoms with Crippen LogP contribution in [-0.4, -0.2) is 44.9 Å². The fourth-order valence-corrected chi connectivity index (χ4v) is 5.05. The molecule has 0 bridgehead atoms. The number of nitrogens with one attached hydrogen (secondary N) is 2. The molecule has 8 nitrogen and oxygen atoms in total. The number of aromatic nitrogens is 3. The topological polar surface area (TPSA) is 104 Å². The Morgan fingerprint density at radius 3 is 2.91 bits per heavy atom. The molecule has 0 radical (unpaired) electrons. The van der Waals surface area contributed by atoms with Gasteiger partial charge < -0.3 is 15.0 Å². The van der Waals surface area contributed by atoms with Gasteiger partial charge >= 0.3 is 0 Å². The first kappa shape index (κ1) is 22.7. The number of aryl methyl sites for hydroxylation is 1. The van der Waals surface area contributed by atoms with Gasteiger partial charge in [0.15, 0.2) is 5.82 Å². The molecule has 0 unspecified atom stereocenters. The van der Waals surface area contributed by atoms with Crippen LogP contribution in [0.2, 0.25) is 0 Å². The Morgan fingerprint density at radius 2 is 2.03 bits per heavy atom. The first-order chi connectivity index (χ1) is 17.1. The number of hydrogen-bond acceptors (Lipinski definition) is 7. The predicted octanol–water partition coefficient (Wildman–Crippen LogP) is 3.94. The minimum atomic E-state index is -0.196. The molecule has 1 amide bonds. The normalized spacial score (nSPS) is 11.5. The maximum Gasteiger partial charge on any atom is 0.251 e. The maximum absolute atomic E-state index is 12.2. The molecule has 5 aromatic rings. The largest absolute Gasteiger partial charge is 0.395 e. The molecule has 0 spiro atoms. The molecular weight excluding hydrogens is 460 g/mol. The monoisotopic (exact) mass is 484 g/mol. The van der Waals surface area contributed by atoms with Crippen molar-refractivity contribution >= 4 is 50.4 Å². The molecule has 0 aliphatic carbocycles. The van der Waals surface area contributed by atoms with Gasteiger partial charge in [0.25, 0.3) is 5.91 Å². The van der Waals surface area contributed by atoms with E-state index in [4.69, 9.17) is 5.11 Å². The van der Waals surface area contributed by atoms with Gasteiger partial charge in [-0.05, 0) is 29.8 Å². The molecule has 2 aromatic carbocycles. The first-order valence-electron chi connectivity index (χ1n) is 11.2. The molecule has 35 heavy (non-hydrogen) atoms. The van der Waals surface area contributed by atoms with Gasteiger partial charge in [0.1, 0.15) is 11.2 Å². The van der Waals surface area contributed by atoms with E-state index in [2.05, 4.69) is 48.6 Å². The highest BCUT2D eigenvalue weighted by atomic mass is 32.1. The summed E-state index contributed by atoms with van der Waals surface area (Å²) in [6.45, 7) is 0.146. The Labute approximate surface area is 206 Å². The van der Waals surface area contributed by atoms with Crippen LogP contribution in [0, 0.1) is 0 Å². The third kappa shape index (κ3) is 4.91. The highest BCUT2D eigenvalue weighted by Crippen LogP contribution is 2.30. The number of para-hydroxylation sites is 1. The summed E-state index contributed by atoms with van der Waals surface area (Å²) in [5.74, 6) is 0.449. The Hall–Kier alpha value is -4.08. The van der Waals surface area contributed by atoms with E-state index in [0.29, 0.717) is 17.8 Å². The molecular formula is C26H24N6O2S. The van der Waals surface area contributed by atoms with Gasteiger partial charge in [0.05, 0.1) is 18.2 Å². The maximum atomic E-state index is 12.2. The summed E-state index contributed by atoms with van der Waals surface area (Å²) in [4.78, 5) is 23.0. The molecule has 0 fully saturated rings. The van der Waals surface area contributed by atoms with Crippen LogP contribution < -0.4 is 10.7 Å². The van der Waals surface area contributed by atoms with Crippen LogP contribution in [0.5, 0.6) is 0 Å². The lowest BCUT2D eigenvalue weighted by molar-refractivity contribution is 0.0944. The van der Waals surface area contributed by atoms with E-state index in [1.165, 1.54) is 6.33 Å². The second-order valence-corrected chi connectivity index (χ2v) is 9.21. The van der Waals surface area contributed by atoms with E-state index < -0.39 is 0 Å². The van der Waals surface area contributed by atoms with Crippen LogP contribution >= 0.6 is 11.3 Å². The standard InChI is InChI=1S/C26H24N6O2S/c1-32-15-19(21-7-2-3-8-23(21)32)14-30-31-24-22-13-20(35-26(22)29-16-28-24)12-17-5-4-6-18(11-17)25(34)27-9-10-33/h2-8,11,13-16,33H,9-10,12H2,1H3,(H,27,34)(H,28,29,31)/b30-14+. The Morgan fingerprint density at radius 1 is 1.14 bits per heavy atom. The van der Waals surface area contributed by atoms with Crippen molar-refractivity contribution < 1.29 is 9.90 Å². The number of carbonyl (C=O) groups excluding carboxylic acids is 1. The Balaban J connectivity index is 1.34. The van der Waals surface area contributed by atoms with Crippen molar-refractivity contribution in [1.29, 1.82) is 0 Å². The van der Waals surface area contributed by atoms with Crippen molar-refractivity contribution in [3.05, 3.63) is 88.7 Å². The average molecular weight is 485 g/mol. The van der Waals surface area contributed by atoms with E-state index in [-0.39, 0.29) is 19.1 Å². The van der Waals surface area contributed by atoms with Gasteiger partial charge in [-0.1, -0.05) is 30.3 Å². The zero-order valence-corrected chi connectivity index (χ0v) is 19.9. The molecule has 0 aliphatic rings. The second-order valence-electron chi connectivity index (χ2n) is 8.09. The van der Waals surface area contributed by atoms with Gasteiger partial charge in [0.2, 0.25) is 0 Å². The predicted molar refractivity (Wildman–Crippen MR) is 140 cm³/mol. The van der Waals surface area contributed by atoms with E-state index in [0.717, 1.165) is 37.1 Å². The summed E-state index contributed by atoms with van der Waals surface area (Å²) in [7, 11) is 2.02. The van der Waals surface area contributed by atoms with Gasteiger partial charge in [-0.15, -0.1) is 11.3 Å². The van der Waals surface area contributed by atoms with Crippen LogP contribution in [0.25, 0.3) is 21.1 Å². The molecule has 176 valence electrons. The summed E-state index contributed by atoms with van der Waals surface area (Å²) in [6.07, 6.45) is 6.05.